The highest BCUT2D eigenvalue weighted by atomic mass is 16.5. The molecule has 0 aromatic rings. The fourth-order valence-electron chi connectivity index (χ4n) is 2.95. The largest absolute Gasteiger partial charge is 0.468 e. The molecule has 1 saturated heterocycles. The highest BCUT2D eigenvalue weighted by Gasteiger charge is 2.22. The van der Waals surface area contributed by atoms with E-state index in [-0.39, 0.29) is 23.9 Å². The summed E-state index contributed by atoms with van der Waals surface area (Å²) in [4.78, 5) is 24.4. The van der Waals surface area contributed by atoms with Gasteiger partial charge in [0.2, 0.25) is 0 Å². The number of carbonyl (C=O) groups is 2. The predicted molar refractivity (Wildman–Crippen MR) is 129 cm³/mol. The van der Waals surface area contributed by atoms with Crippen LogP contribution in [-0.2, 0) is 19.1 Å². The molecule has 31 heavy (non-hydrogen) atoms. The first kappa shape index (κ1) is 32.0. The molecule has 0 spiro atoms. The number of nitrogens with one attached hydrogen (secondary N) is 2. The minimum Gasteiger partial charge on any atom is -0.468 e. The molecule has 0 aromatic carbocycles. The first-order valence-corrected chi connectivity index (χ1v) is 11.9. The van der Waals surface area contributed by atoms with Crippen LogP contribution in [0.2, 0.25) is 0 Å². The van der Waals surface area contributed by atoms with Crippen molar-refractivity contribution in [3.05, 3.63) is 0 Å². The average molecular weight is 446 g/mol. The molecule has 2 N–H and O–H groups in total. The summed E-state index contributed by atoms with van der Waals surface area (Å²) in [7, 11) is 1.42. The molecule has 0 bridgehead atoms. The van der Waals surface area contributed by atoms with Gasteiger partial charge >= 0.3 is 11.9 Å². The summed E-state index contributed by atoms with van der Waals surface area (Å²) >= 11 is 0. The van der Waals surface area contributed by atoms with E-state index in [0.29, 0.717) is 25.2 Å². The first-order valence-electron chi connectivity index (χ1n) is 11.9. The third-order valence-corrected chi connectivity index (χ3v) is 4.72. The van der Waals surface area contributed by atoms with E-state index >= 15 is 0 Å². The Morgan fingerprint density at radius 2 is 1.45 bits per heavy atom. The number of nitrogens with zero attached hydrogens (tertiary/aromatic N) is 1. The van der Waals surface area contributed by atoms with E-state index in [1.165, 1.54) is 39.5 Å². The zero-order chi connectivity index (χ0) is 24.4. The van der Waals surface area contributed by atoms with Crippen LogP contribution in [0.15, 0.2) is 0 Å². The number of hydrogen-bond donors (Lipinski definition) is 2. The Bertz CT molecular complexity index is 448. The first-order chi connectivity index (χ1) is 14.5. The Morgan fingerprint density at radius 3 is 1.77 bits per heavy atom. The second kappa shape index (κ2) is 19.5. The predicted octanol–water partition coefficient (Wildman–Crippen LogP) is 3.61. The Balaban J connectivity index is 0. The summed E-state index contributed by atoms with van der Waals surface area (Å²) in [5.74, 6) is -0.102. The van der Waals surface area contributed by atoms with Gasteiger partial charge in [0.25, 0.3) is 0 Å². The SMILES string of the molecule is CC(C)N1CCCCC1.CCOC(=O)CNC(C)C.COC(=O)[C@@H](NC(C)C)C(C)C. The number of hydrogen-bond acceptors (Lipinski definition) is 7. The molecule has 1 aliphatic rings. The number of carbonyl (C=O) groups excluding carboxylic acids is 2. The fraction of sp³-hybridized carbons (Fsp3) is 0.917. The molecular formula is C24H51N3O4. The second-order valence-corrected chi connectivity index (χ2v) is 9.10. The lowest BCUT2D eigenvalue weighted by atomic mass is 10.0. The molecule has 1 fully saturated rings. The van der Waals surface area contributed by atoms with Crippen LogP contribution in [0.1, 0.15) is 81.6 Å². The smallest absolute Gasteiger partial charge is 0.323 e. The summed E-state index contributed by atoms with van der Waals surface area (Å²) in [5.41, 5.74) is 0. The van der Waals surface area contributed by atoms with Gasteiger partial charge in [0.15, 0.2) is 0 Å². The van der Waals surface area contributed by atoms with Crippen molar-refractivity contribution in [2.75, 3.05) is 33.4 Å². The molecule has 1 heterocycles. The highest BCUT2D eigenvalue weighted by molar-refractivity contribution is 5.75. The molecule has 0 unspecified atom stereocenters. The maximum absolute atomic E-state index is 11.2. The zero-order valence-corrected chi connectivity index (χ0v) is 21.9. The summed E-state index contributed by atoms with van der Waals surface area (Å²) in [5, 5.41) is 6.11. The Morgan fingerprint density at radius 1 is 0.903 bits per heavy atom. The summed E-state index contributed by atoms with van der Waals surface area (Å²) < 4.78 is 9.36. The van der Waals surface area contributed by atoms with Gasteiger partial charge < -0.3 is 25.0 Å². The molecule has 0 radical (unpaired) electrons. The number of ether oxygens (including phenoxy) is 2. The van der Waals surface area contributed by atoms with Crippen molar-refractivity contribution in [3.8, 4) is 0 Å². The number of methoxy groups -OCH3 is 1. The van der Waals surface area contributed by atoms with Gasteiger partial charge in [0.1, 0.15) is 6.04 Å². The van der Waals surface area contributed by atoms with Gasteiger partial charge in [-0.15, -0.1) is 0 Å². The molecule has 0 amide bonds. The maximum Gasteiger partial charge on any atom is 0.323 e. The third-order valence-electron chi connectivity index (χ3n) is 4.72. The van der Waals surface area contributed by atoms with Crippen LogP contribution in [0, 0.1) is 5.92 Å². The molecule has 0 aliphatic carbocycles. The van der Waals surface area contributed by atoms with Crippen molar-refractivity contribution in [2.24, 2.45) is 5.92 Å². The molecule has 7 nitrogen and oxygen atoms in total. The van der Waals surface area contributed by atoms with Crippen molar-refractivity contribution in [2.45, 2.75) is 106 Å². The lowest BCUT2D eigenvalue weighted by molar-refractivity contribution is -0.144. The third kappa shape index (κ3) is 19.2. The molecule has 0 aromatic heterocycles. The van der Waals surface area contributed by atoms with Crippen molar-refractivity contribution >= 4 is 11.9 Å². The van der Waals surface area contributed by atoms with Gasteiger partial charge in [-0.25, -0.2) is 0 Å². The van der Waals surface area contributed by atoms with Crippen molar-refractivity contribution in [1.29, 1.82) is 0 Å². The standard InChI is InChI=1S/C9H19NO2.C8H17N.C7H15NO2/c1-6(2)8(9(11)12-5)10-7(3)4;1-8(2)9-6-4-3-5-7-9;1-4-10-7(9)5-8-6(2)3/h6-8,10H,1-5H3;8H,3-7H2,1-2H3;6,8H,4-5H2,1-3H3/t8-;;/m0../s1. The summed E-state index contributed by atoms with van der Waals surface area (Å²) in [6.45, 7) is 21.8. The fourth-order valence-corrected chi connectivity index (χ4v) is 2.95. The lowest BCUT2D eigenvalue weighted by Gasteiger charge is -2.29. The van der Waals surface area contributed by atoms with Gasteiger partial charge in [0, 0.05) is 18.1 Å². The molecule has 7 heteroatoms. The number of rotatable bonds is 9. The molecule has 1 atom stereocenters. The van der Waals surface area contributed by atoms with Crippen LogP contribution in [0.3, 0.4) is 0 Å². The normalized spacial score (nSPS) is 15.2. The molecule has 186 valence electrons. The van der Waals surface area contributed by atoms with Gasteiger partial charge in [-0.3, -0.25) is 9.59 Å². The molecule has 1 rings (SSSR count). The van der Waals surface area contributed by atoms with E-state index in [1.807, 2.05) is 41.5 Å². The number of esters is 2. The van der Waals surface area contributed by atoms with E-state index in [0.717, 1.165) is 6.04 Å². The van der Waals surface area contributed by atoms with E-state index in [4.69, 9.17) is 4.74 Å². The number of likely N-dealkylation sites (tertiary alicyclic amines) is 1. The van der Waals surface area contributed by atoms with Gasteiger partial charge in [-0.2, -0.15) is 0 Å². The molecule has 1 aliphatic heterocycles. The molecule has 0 saturated carbocycles. The van der Waals surface area contributed by atoms with Gasteiger partial charge in [0.05, 0.1) is 20.3 Å². The van der Waals surface area contributed by atoms with Gasteiger partial charge in [-0.05, 0) is 52.6 Å². The van der Waals surface area contributed by atoms with Crippen molar-refractivity contribution in [3.63, 3.8) is 0 Å². The average Bonchev–Trinajstić information content (AvgIpc) is 2.71. The van der Waals surface area contributed by atoms with Gasteiger partial charge in [-0.1, -0.05) is 48.0 Å². The lowest BCUT2D eigenvalue weighted by Crippen LogP contribution is -2.45. The Kier molecular flexibility index (Phi) is 20.1. The van der Waals surface area contributed by atoms with Crippen molar-refractivity contribution in [1.82, 2.24) is 15.5 Å². The van der Waals surface area contributed by atoms with E-state index in [1.54, 1.807) is 6.92 Å². The van der Waals surface area contributed by atoms with E-state index < -0.39 is 0 Å². The van der Waals surface area contributed by atoms with Crippen LogP contribution >= 0.6 is 0 Å². The zero-order valence-electron chi connectivity index (χ0n) is 21.9. The van der Waals surface area contributed by atoms with Crippen LogP contribution in [0.4, 0.5) is 0 Å². The minimum absolute atomic E-state index is 0.182. The van der Waals surface area contributed by atoms with Crippen LogP contribution in [-0.4, -0.2) is 74.4 Å². The van der Waals surface area contributed by atoms with E-state index in [2.05, 4.69) is 34.1 Å². The van der Waals surface area contributed by atoms with Crippen LogP contribution < -0.4 is 10.6 Å². The number of piperidine rings is 1. The second-order valence-electron chi connectivity index (χ2n) is 9.10. The van der Waals surface area contributed by atoms with E-state index in [9.17, 15) is 9.59 Å². The summed E-state index contributed by atoms with van der Waals surface area (Å²) in [6.07, 6.45) is 4.28. The quantitative estimate of drug-likeness (QED) is 0.525. The topological polar surface area (TPSA) is 79.9 Å². The highest BCUT2D eigenvalue weighted by Crippen LogP contribution is 2.10. The van der Waals surface area contributed by atoms with Crippen LogP contribution in [0.25, 0.3) is 0 Å². The Hall–Kier alpha value is -1.18. The molecular weight excluding hydrogens is 394 g/mol. The summed E-state index contributed by atoms with van der Waals surface area (Å²) in [6, 6.07) is 1.22. The maximum atomic E-state index is 11.2. The Labute approximate surface area is 192 Å². The monoisotopic (exact) mass is 445 g/mol. The minimum atomic E-state index is -0.185. The van der Waals surface area contributed by atoms with Crippen LogP contribution in [0.5, 0.6) is 0 Å². The van der Waals surface area contributed by atoms with Crippen molar-refractivity contribution < 1.29 is 19.1 Å².